The zero-order valence-electron chi connectivity index (χ0n) is 12.0. The molecule has 0 saturated carbocycles. The van der Waals surface area contributed by atoms with Crippen LogP contribution >= 0.6 is 0 Å². The molecule has 1 aromatic rings. The van der Waals surface area contributed by atoms with Crippen LogP contribution < -0.4 is 5.32 Å². The van der Waals surface area contributed by atoms with E-state index in [1.165, 1.54) is 12.1 Å². The lowest BCUT2D eigenvalue weighted by Gasteiger charge is -2.26. The lowest BCUT2D eigenvalue weighted by molar-refractivity contribution is 0.0374. The summed E-state index contributed by atoms with van der Waals surface area (Å²) in [5.74, 6) is -1.92. The molecule has 2 rings (SSSR count). The number of benzene rings is 1. The standard InChI is InChI=1S/C15H21FN2O3/c16-14-10-12(2-3-13(14)15(19)20)11-17-4-1-5-18-6-8-21-9-7-18/h2-3,10,17H,1,4-9,11H2,(H,19,20). The Morgan fingerprint density at radius 2 is 2.14 bits per heavy atom. The number of nitrogens with one attached hydrogen (secondary N) is 1. The van der Waals surface area contributed by atoms with E-state index in [4.69, 9.17) is 9.84 Å². The van der Waals surface area contributed by atoms with Crippen LogP contribution in [0.15, 0.2) is 18.2 Å². The van der Waals surface area contributed by atoms with Crippen molar-refractivity contribution in [3.8, 4) is 0 Å². The van der Waals surface area contributed by atoms with E-state index >= 15 is 0 Å². The van der Waals surface area contributed by atoms with E-state index in [0.29, 0.717) is 6.54 Å². The van der Waals surface area contributed by atoms with E-state index in [1.807, 2.05) is 0 Å². The number of ether oxygens (including phenoxy) is 1. The van der Waals surface area contributed by atoms with Crippen LogP contribution in [0, 0.1) is 5.82 Å². The molecule has 1 aliphatic heterocycles. The minimum absolute atomic E-state index is 0.286. The summed E-state index contributed by atoms with van der Waals surface area (Å²) in [5.41, 5.74) is 0.468. The van der Waals surface area contributed by atoms with E-state index in [-0.39, 0.29) is 5.56 Å². The fourth-order valence-corrected chi connectivity index (χ4v) is 2.33. The van der Waals surface area contributed by atoms with Gasteiger partial charge in [-0.3, -0.25) is 4.90 Å². The number of carboxylic acid groups (broad SMARTS) is 1. The van der Waals surface area contributed by atoms with Gasteiger partial charge in [-0.1, -0.05) is 6.07 Å². The van der Waals surface area contributed by atoms with Gasteiger partial charge < -0.3 is 15.2 Å². The van der Waals surface area contributed by atoms with Gasteiger partial charge in [0.1, 0.15) is 5.82 Å². The fraction of sp³-hybridized carbons (Fsp3) is 0.533. The lowest BCUT2D eigenvalue weighted by Crippen LogP contribution is -2.37. The van der Waals surface area contributed by atoms with Crippen LogP contribution in [0.5, 0.6) is 0 Å². The minimum Gasteiger partial charge on any atom is -0.478 e. The third-order valence-electron chi connectivity index (χ3n) is 3.52. The van der Waals surface area contributed by atoms with Crippen LogP contribution in [0.3, 0.4) is 0 Å². The third kappa shape index (κ3) is 5.08. The molecule has 1 saturated heterocycles. The number of hydrogen-bond acceptors (Lipinski definition) is 4. The van der Waals surface area contributed by atoms with Gasteiger partial charge in [0.25, 0.3) is 0 Å². The molecule has 1 heterocycles. The van der Waals surface area contributed by atoms with Gasteiger partial charge in [0.2, 0.25) is 0 Å². The molecule has 2 N–H and O–H groups in total. The highest BCUT2D eigenvalue weighted by molar-refractivity contribution is 5.87. The molecule has 0 atom stereocenters. The van der Waals surface area contributed by atoms with Gasteiger partial charge >= 0.3 is 5.97 Å². The minimum atomic E-state index is -1.24. The van der Waals surface area contributed by atoms with Gasteiger partial charge in [-0.15, -0.1) is 0 Å². The second kappa shape index (κ2) is 8.07. The molecule has 0 unspecified atom stereocenters. The molecule has 0 aromatic heterocycles. The largest absolute Gasteiger partial charge is 0.478 e. The molecule has 0 aliphatic carbocycles. The summed E-state index contributed by atoms with van der Waals surface area (Å²) < 4.78 is 18.8. The molecular weight excluding hydrogens is 275 g/mol. The first-order chi connectivity index (χ1) is 10.2. The molecule has 116 valence electrons. The Morgan fingerprint density at radius 1 is 1.38 bits per heavy atom. The number of carbonyl (C=O) groups is 1. The highest BCUT2D eigenvalue weighted by atomic mass is 19.1. The van der Waals surface area contributed by atoms with Crippen molar-refractivity contribution in [3.63, 3.8) is 0 Å². The lowest BCUT2D eigenvalue weighted by atomic mass is 10.1. The van der Waals surface area contributed by atoms with E-state index in [9.17, 15) is 9.18 Å². The summed E-state index contributed by atoms with van der Waals surface area (Å²) in [6.07, 6.45) is 1.02. The van der Waals surface area contributed by atoms with Gasteiger partial charge in [0, 0.05) is 19.6 Å². The quantitative estimate of drug-likeness (QED) is 0.744. The zero-order chi connectivity index (χ0) is 15.1. The Kier molecular flexibility index (Phi) is 6.10. The molecular formula is C15H21FN2O3. The number of nitrogens with zero attached hydrogens (tertiary/aromatic N) is 1. The Balaban J connectivity index is 1.66. The zero-order valence-corrected chi connectivity index (χ0v) is 12.0. The van der Waals surface area contributed by atoms with Crippen molar-refractivity contribution in [1.29, 1.82) is 0 Å². The SMILES string of the molecule is O=C(O)c1ccc(CNCCCN2CCOCC2)cc1F. The maximum absolute atomic E-state index is 13.5. The van der Waals surface area contributed by atoms with E-state index in [0.717, 1.165) is 51.4 Å². The van der Waals surface area contributed by atoms with Crippen molar-refractivity contribution in [2.75, 3.05) is 39.4 Å². The van der Waals surface area contributed by atoms with E-state index in [2.05, 4.69) is 10.2 Å². The van der Waals surface area contributed by atoms with Crippen molar-refractivity contribution < 1.29 is 19.0 Å². The maximum Gasteiger partial charge on any atom is 0.338 e. The van der Waals surface area contributed by atoms with Gasteiger partial charge in [0.15, 0.2) is 0 Å². The molecule has 21 heavy (non-hydrogen) atoms. The predicted octanol–water partition coefficient (Wildman–Crippen LogP) is 1.34. The number of morpholine rings is 1. The number of rotatable bonds is 7. The summed E-state index contributed by atoms with van der Waals surface area (Å²) >= 11 is 0. The Morgan fingerprint density at radius 3 is 2.81 bits per heavy atom. The van der Waals surface area contributed by atoms with Crippen LogP contribution in [0.25, 0.3) is 0 Å². The molecule has 0 amide bonds. The van der Waals surface area contributed by atoms with E-state index in [1.54, 1.807) is 6.07 Å². The van der Waals surface area contributed by atoms with Crippen LogP contribution in [-0.4, -0.2) is 55.4 Å². The molecule has 0 bridgehead atoms. The van der Waals surface area contributed by atoms with Crippen LogP contribution in [0.4, 0.5) is 4.39 Å². The third-order valence-corrected chi connectivity index (χ3v) is 3.52. The number of aromatic carboxylic acids is 1. The van der Waals surface area contributed by atoms with Crippen molar-refractivity contribution >= 4 is 5.97 Å². The van der Waals surface area contributed by atoms with E-state index < -0.39 is 11.8 Å². The molecule has 6 heteroatoms. The van der Waals surface area contributed by atoms with Crippen LogP contribution in [0.1, 0.15) is 22.3 Å². The normalized spacial score (nSPS) is 16.0. The molecule has 0 radical (unpaired) electrons. The number of halogens is 1. The van der Waals surface area contributed by atoms with Crippen LogP contribution in [0.2, 0.25) is 0 Å². The summed E-state index contributed by atoms with van der Waals surface area (Å²) in [6, 6.07) is 4.22. The molecule has 1 aromatic carbocycles. The topological polar surface area (TPSA) is 61.8 Å². The first-order valence-corrected chi connectivity index (χ1v) is 7.19. The number of carboxylic acids is 1. The average molecular weight is 296 g/mol. The summed E-state index contributed by atoms with van der Waals surface area (Å²) in [6.45, 7) is 6.01. The Hall–Kier alpha value is -1.50. The van der Waals surface area contributed by atoms with Gasteiger partial charge in [0.05, 0.1) is 18.8 Å². The monoisotopic (exact) mass is 296 g/mol. The van der Waals surface area contributed by atoms with Gasteiger partial charge in [-0.05, 0) is 37.2 Å². The smallest absolute Gasteiger partial charge is 0.338 e. The van der Waals surface area contributed by atoms with Gasteiger partial charge in [-0.25, -0.2) is 9.18 Å². The van der Waals surface area contributed by atoms with Crippen LogP contribution in [-0.2, 0) is 11.3 Å². The number of hydrogen-bond donors (Lipinski definition) is 2. The van der Waals surface area contributed by atoms with Crippen molar-refractivity contribution in [3.05, 3.63) is 35.1 Å². The first kappa shape index (κ1) is 15.9. The summed E-state index contributed by atoms with van der Waals surface area (Å²) in [5, 5.41) is 12.0. The highest BCUT2D eigenvalue weighted by Gasteiger charge is 2.11. The second-order valence-corrected chi connectivity index (χ2v) is 5.10. The fourth-order valence-electron chi connectivity index (χ4n) is 2.33. The molecule has 0 spiro atoms. The summed E-state index contributed by atoms with van der Waals surface area (Å²) in [4.78, 5) is 13.1. The predicted molar refractivity (Wildman–Crippen MR) is 76.9 cm³/mol. The summed E-state index contributed by atoms with van der Waals surface area (Å²) in [7, 11) is 0. The highest BCUT2D eigenvalue weighted by Crippen LogP contribution is 2.10. The Bertz CT molecular complexity index is 476. The van der Waals surface area contributed by atoms with Crippen molar-refractivity contribution in [1.82, 2.24) is 10.2 Å². The Labute approximate surface area is 123 Å². The molecule has 1 fully saturated rings. The van der Waals surface area contributed by atoms with Crippen molar-refractivity contribution in [2.24, 2.45) is 0 Å². The van der Waals surface area contributed by atoms with Crippen molar-refractivity contribution in [2.45, 2.75) is 13.0 Å². The van der Waals surface area contributed by atoms with Gasteiger partial charge in [-0.2, -0.15) is 0 Å². The second-order valence-electron chi connectivity index (χ2n) is 5.10. The molecule has 5 nitrogen and oxygen atoms in total. The first-order valence-electron chi connectivity index (χ1n) is 7.19. The molecule has 1 aliphatic rings. The average Bonchev–Trinajstić information content (AvgIpc) is 2.47. The maximum atomic E-state index is 13.5.